The number of nitrogens with zero attached hydrogens (tertiary/aromatic N) is 3. The highest BCUT2D eigenvalue weighted by atomic mass is 16.3. The Morgan fingerprint density at radius 1 is 1.04 bits per heavy atom. The Morgan fingerprint density at radius 3 is 2.50 bits per heavy atom. The summed E-state index contributed by atoms with van der Waals surface area (Å²) in [7, 11) is 0. The molecule has 0 bridgehead atoms. The van der Waals surface area contributed by atoms with Crippen LogP contribution in [0, 0.1) is 13.8 Å². The fraction of sp³-hybridized carbons (Fsp3) is 0.400. The quantitative estimate of drug-likeness (QED) is 0.666. The third-order valence-corrected chi connectivity index (χ3v) is 4.89. The van der Waals surface area contributed by atoms with Gasteiger partial charge < -0.3 is 15.7 Å². The molecule has 0 aliphatic heterocycles. The van der Waals surface area contributed by atoms with Gasteiger partial charge in [0, 0.05) is 11.7 Å². The first-order chi connectivity index (χ1) is 12.6. The van der Waals surface area contributed by atoms with Crippen molar-refractivity contribution in [3.05, 3.63) is 47.5 Å². The van der Waals surface area contributed by atoms with E-state index in [-0.39, 0.29) is 6.10 Å². The lowest BCUT2D eigenvalue weighted by molar-refractivity contribution is 0.126. The molecule has 26 heavy (non-hydrogen) atoms. The molecule has 0 radical (unpaired) electrons. The lowest BCUT2D eigenvalue weighted by Gasteiger charge is -2.26. The number of hydrogen-bond donors (Lipinski definition) is 3. The zero-order chi connectivity index (χ0) is 18.1. The topological polar surface area (TPSA) is 74.5 Å². The van der Waals surface area contributed by atoms with Crippen LogP contribution in [0.5, 0.6) is 0 Å². The molecule has 0 saturated heterocycles. The number of anilines is 3. The van der Waals surface area contributed by atoms with Gasteiger partial charge in [0.05, 0.1) is 6.10 Å². The standard InChI is InChI=1S/C20H25N5O/c1-13-10-14(2)12-16(11-13)22-20-23-19-5-3-4-18(25(19)24-20)21-15-6-8-17(26)9-7-15/h3-5,10-12,15,17,21,26H,6-9H2,1-2H3,(H,22,24). The van der Waals surface area contributed by atoms with Crippen molar-refractivity contribution in [3.8, 4) is 0 Å². The van der Waals surface area contributed by atoms with Crippen molar-refractivity contribution in [2.45, 2.75) is 51.7 Å². The summed E-state index contributed by atoms with van der Waals surface area (Å²) in [6, 6.07) is 12.7. The lowest BCUT2D eigenvalue weighted by Crippen LogP contribution is -2.29. The van der Waals surface area contributed by atoms with E-state index in [0.29, 0.717) is 12.0 Å². The van der Waals surface area contributed by atoms with Gasteiger partial charge in [-0.25, -0.2) is 0 Å². The Kier molecular flexibility index (Phi) is 4.51. The lowest BCUT2D eigenvalue weighted by atomic mass is 9.93. The Bertz CT molecular complexity index is 891. The highest BCUT2D eigenvalue weighted by Crippen LogP contribution is 2.23. The first-order valence-corrected chi connectivity index (χ1v) is 9.22. The highest BCUT2D eigenvalue weighted by Gasteiger charge is 2.20. The van der Waals surface area contributed by atoms with Gasteiger partial charge in [0.25, 0.3) is 0 Å². The van der Waals surface area contributed by atoms with Crippen LogP contribution in [0.15, 0.2) is 36.4 Å². The maximum Gasteiger partial charge on any atom is 0.247 e. The molecule has 6 nitrogen and oxygen atoms in total. The second kappa shape index (κ2) is 6.96. The minimum Gasteiger partial charge on any atom is -0.393 e. The first kappa shape index (κ1) is 16.8. The zero-order valence-electron chi connectivity index (χ0n) is 15.2. The molecule has 4 rings (SSSR count). The van der Waals surface area contributed by atoms with Crippen LogP contribution in [0.1, 0.15) is 36.8 Å². The van der Waals surface area contributed by atoms with Crippen LogP contribution < -0.4 is 10.6 Å². The summed E-state index contributed by atoms with van der Waals surface area (Å²) in [5, 5.41) is 21.2. The van der Waals surface area contributed by atoms with Crippen molar-refractivity contribution in [2.75, 3.05) is 10.6 Å². The molecule has 1 aliphatic rings. The van der Waals surface area contributed by atoms with Crippen molar-refractivity contribution in [1.82, 2.24) is 14.6 Å². The molecular formula is C20H25N5O. The van der Waals surface area contributed by atoms with Crippen molar-refractivity contribution in [2.24, 2.45) is 0 Å². The predicted molar refractivity (Wildman–Crippen MR) is 104 cm³/mol. The first-order valence-electron chi connectivity index (χ1n) is 9.22. The molecule has 1 saturated carbocycles. The summed E-state index contributed by atoms with van der Waals surface area (Å²) < 4.78 is 1.84. The molecule has 1 aliphatic carbocycles. The maximum atomic E-state index is 9.68. The SMILES string of the molecule is Cc1cc(C)cc(Nc2nc3cccc(NC4CCC(O)CC4)n3n2)c1. The molecule has 2 heterocycles. The maximum absolute atomic E-state index is 9.68. The van der Waals surface area contributed by atoms with Gasteiger partial charge in [-0.3, -0.25) is 0 Å². The van der Waals surface area contributed by atoms with E-state index in [1.165, 1.54) is 11.1 Å². The number of benzene rings is 1. The number of pyridine rings is 1. The number of aromatic nitrogens is 3. The van der Waals surface area contributed by atoms with E-state index in [2.05, 4.69) is 52.8 Å². The molecule has 0 spiro atoms. The van der Waals surface area contributed by atoms with E-state index in [9.17, 15) is 5.11 Å². The Morgan fingerprint density at radius 2 is 1.77 bits per heavy atom. The van der Waals surface area contributed by atoms with Gasteiger partial charge in [-0.05, 0) is 74.9 Å². The number of aliphatic hydroxyl groups excluding tert-OH is 1. The molecule has 1 aromatic carbocycles. The molecule has 0 amide bonds. The summed E-state index contributed by atoms with van der Waals surface area (Å²) in [6.07, 6.45) is 3.50. The number of nitrogens with one attached hydrogen (secondary N) is 2. The number of aryl methyl sites for hydroxylation is 2. The Labute approximate surface area is 153 Å². The van der Waals surface area contributed by atoms with Crippen LogP contribution in [0.4, 0.5) is 17.5 Å². The third-order valence-electron chi connectivity index (χ3n) is 4.89. The van der Waals surface area contributed by atoms with E-state index < -0.39 is 0 Å². The van der Waals surface area contributed by atoms with Gasteiger partial charge in [0.15, 0.2) is 5.65 Å². The molecule has 136 valence electrons. The van der Waals surface area contributed by atoms with Crippen molar-refractivity contribution in [3.63, 3.8) is 0 Å². The zero-order valence-corrected chi connectivity index (χ0v) is 15.2. The number of hydrogen-bond acceptors (Lipinski definition) is 5. The monoisotopic (exact) mass is 351 g/mol. The van der Waals surface area contributed by atoms with E-state index >= 15 is 0 Å². The van der Waals surface area contributed by atoms with Crippen molar-refractivity contribution < 1.29 is 5.11 Å². The molecule has 2 aromatic heterocycles. The van der Waals surface area contributed by atoms with Crippen LogP contribution in [0.3, 0.4) is 0 Å². The van der Waals surface area contributed by atoms with E-state index in [4.69, 9.17) is 0 Å². The highest BCUT2D eigenvalue weighted by molar-refractivity contribution is 5.59. The van der Waals surface area contributed by atoms with Gasteiger partial charge in [-0.1, -0.05) is 12.1 Å². The summed E-state index contributed by atoms with van der Waals surface area (Å²) in [4.78, 5) is 4.59. The molecule has 3 aromatic rings. The minimum atomic E-state index is -0.149. The average molecular weight is 351 g/mol. The van der Waals surface area contributed by atoms with Gasteiger partial charge in [-0.15, -0.1) is 5.10 Å². The minimum absolute atomic E-state index is 0.149. The summed E-state index contributed by atoms with van der Waals surface area (Å²) in [6.45, 7) is 4.16. The summed E-state index contributed by atoms with van der Waals surface area (Å²) >= 11 is 0. The molecule has 0 unspecified atom stereocenters. The molecule has 6 heteroatoms. The van der Waals surface area contributed by atoms with Crippen LogP contribution in [-0.4, -0.2) is 31.9 Å². The van der Waals surface area contributed by atoms with Gasteiger partial charge in [0.1, 0.15) is 5.82 Å². The Hall–Kier alpha value is -2.60. The van der Waals surface area contributed by atoms with Crippen molar-refractivity contribution in [1.29, 1.82) is 0 Å². The molecule has 1 fully saturated rings. The summed E-state index contributed by atoms with van der Waals surface area (Å²) in [5.41, 5.74) is 4.21. The average Bonchev–Trinajstić information content (AvgIpc) is 2.99. The number of rotatable bonds is 4. The predicted octanol–water partition coefficient (Wildman–Crippen LogP) is 3.81. The smallest absolute Gasteiger partial charge is 0.247 e. The fourth-order valence-corrected chi connectivity index (χ4v) is 3.67. The third kappa shape index (κ3) is 3.65. The summed E-state index contributed by atoms with van der Waals surface area (Å²) in [5.74, 6) is 1.52. The normalized spacial score (nSPS) is 20.3. The van der Waals surface area contributed by atoms with Gasteiger partial charge in [-0.2, -0.15) is 9.50 Å². The molecule has 0 atom stereocenters. The van der Waals surface area contributed by atoms with E-state index in [1.54, 1.807) is 0 Å². The van der Waals surface area contributed by atoms with Crippen molar-refractivity contribution >= 4 is 23.1 Å². The van der Waals surface area contributed by atoms with Crippen LogP contribution >= 0.6 is 0 Å². The van der Waals surface area contributed by atoms with Crippen LogP contribution in [0.25, 0.3) is 5.65 Å². The van der Waals surface area contributed by atoms with Gasteiger partial charge >= 0.3 is 0 Å². The van der Waals surface area contributed by atoms with Crippen LogP contribution in [0.2, 0.25) is 0 Å². The fourth-order valence-electron chi connectivity index (χ4n) is 3.67. The molecule has 3 N–H and O–H groups in total. The number of fused-ring (bicyclic) bond motifs is 1. The van der Waals surface area contributed by atoms with E-state index in [0.717, 1.165) is 42.8 Å². The van der Waals surface area contributed by atoms with Gasteiger partial charge in [0.2, 0.25) is 5.95 Å². The van der Waals surface area contributed by atoms with E-state index in [1.807, 2.05) is 22.7 Å². The second-order valence-corrected chi connectivity index (χ2v) is 7.27. The Balaban J connectivity index is 1.57. The van der Waals surface area contributed by atoms with Crippen LogP contribution in [-0.2, 0) is 0 Å². The second-order valence-electron chi connectivity index (χ2n) is 7.27. The molecular weight excluding hydrogens is 326 g/mol. The number of aliphatic hydroxyl groups is 1. The largest absolute Gasteiger partial charge is 0.393 e.